The Bertz CT molecular complexity index is 1280. The average Bonchev–Trinajstić information content (AvgIpc) is 3.15. The molecule has 3 rings (SSSR count). The highest BCUT2D eigenvalue weighted by Crippen LogP contribution is 2.35. The maximum absolute atomic E-state index is 14.2. The first-order valence-electron chi connectivity index (χ1n) is 11.8. The van der Waals surface area contributed by atoms with Gasteiger partial charge in [-0.05, 0) is 49.9 Å². The molecule has 7 nitrogen and oxygen atoms in total. The van der Waals surface area contributed by atoms with E-state index in [4.69, 9.17) is 9.26 Å². The zero-order chi connectivity index (χ0) is 26.0. The summed E-state index contributed by atoms with van der Waals surface area (Å²) in [6, 6.07) is 12.6. The predicted octanol–water partition coefficient (Wildman–Crippen LogP) is 5.45. The maximum atomic E-state index is 14.2. The van der Waals surface area contributed by atoms with E-state index >= 15 is 0 Å². The van der Waals surface area contributed by atoms with Crippen LogP contribution in [-0.2, 0) is 27.8 Å². The molecule has 0 amide bonds. The Morgan fingerprint density at radius 3 is 2.37 bits per heavy atom. The number of aliphatic hydroxyl groups is 1. The minimum atomic E-state index is -4.08. The van der Waals surface area contributed by atoms with Crippen LogP contribution in [-0.4, -0.2) is 39.2 Å². The topological polar surface area (TPSA) is 92.9 Å². The lowest BCUT2D eigenvalue weighted by atomic mass is 9.96. The van der Waals surface area contributed by atoms with E-state index in [1.165, 1.54) is 4.31 Å². The van der Waals surface area contributed by atoms with E-state index in [0.717, 1.165) is 16.7 Å². The van der Waals surface area contributed by atoms with Crippen molar-refractivity contribution in [1.82, 2.24) is 5.16 Å². The van der Waals surface area contributed by atoms with Crippen LogP contribution in [0.2, 0.25) is 19.6 Å². The van der Waals surface area contributed by atoms with Gasteiger partial charge in [0.2, 0.25) is 5.88 Å². The highest BCUT2D eigenvalue weighted by molar-refractivity contribution is 7.93. The summed E-state index contributed by atoms with van der Waals surface area (Å²) in [6.07, 6.45) is 0.693. The fourth-order valence-electron chi connectivity index (χ4n) is 3.64. The fourth-order valence-corrected chi connectivity index (χ4v) is 5.74. The molecule has 0 fully saturated rings. The number of aromatic nitrogens is 1. The number of hydrogen-bond acceptors (Lipinski definition) is 6. The summed E-state index contributed by atoms with van der Waals surface area (Å²) in [6.45, 7) is 13.9. The van der Waals surface area contributed by atoms with Crippen LogP contribution in [0, 0.1) is 13.8 Å². The van der Waals surface area contributed by atoms with Crippen molar-refractivity contribution in [2.45, 2.75) is 71.0 Å². The molecule has 1 heterocycles. The van der Waals surface area contributed by atoms with Crippen molar-refractivity contribution in [1.29, 1.82) is 0 Å². The molecular weight excluding hydrogens is 480 g/mol. The van der Waals surface area contributed by atoms with Crippen molar-refractivity contribution in [3.05, 3.63) is 64.8 Å². The summed E-state index contributed by atoms with van der Waals surface area (Å²) >= 11 is 0. The fraction of sp³-hybridized carbons (Fsp3) is 0.423. The summed E-state index contributed by atoms with van der Waals surface area (Å²) in [5, 5.41) is 13.6. The van der Waals surface area contributed by atoms with Gasteiger partial charge in [0.15, 0.2) is 0 Å². The summed E-state index contributed by atoms with van der Waals surface area (Å²) in [7, 11) is -5.75. The van der Waals surface area contributed by atoms with Crippen LogP contribution in [0.3, 0.4) is 0 Å². The molecular formula is C26H36N2O5SSi. The van der Waals surface area contributed by atoms with Gasteiger partial charge in [0.05, 0.1) is 25.3 Å². The molecule has 0 spiro atoms. The average molecular weight is 517 g/mol. The van der Waals surface area contributed by atoms with Crippen LogP contribution in [0.1, 0.15) is 36.2 Å². The van der Waals surface area contributed by atoms with Crippen molar-refractivity contribution in [2.24, 2.45) is 0 Å². The number of aryl methyl sites for hydroxylation is 2. The molecule has 0 saturated carbocycles. The van der Waals surface area contributed by atoms with E-state index < -0.39 is 18.1 Å². The third kappa shape index (κ3) is 5.69. The molecule has 1 aromatic heterocycles. The molecule has 0 aliphatic heterocycles. The summed E-state index contributed by atoms with van der Waals surface area (Å²) < 4.78 is 41.2. The first-order chi connectivity index (χ1) is 16.4. The lowest BCUT2D eigenvalue weighted by Gasteiger charge is -2.29. The summed E-state index contributed by atoms with van der Waals surface area (Å²) in [5.74, 6) is 0.159. The number of benzene rings is 2. The first-order valence-corrected chi connectivity index (χ1v) is 16.8. The Morgan fingerprint density at radius 1 is 1.11 bits per heavy atom. The summed E-state index contributed by atoms with van der Waals surface area (Å²) in [4.78, 5) is 0.157. The number of ether oxygens (including phenoxy) is 1. The SMILES string of the molecule is CCc1cc(CO)ccc1-c1ccccc1S(=O)(=O)N(COC(C)[Si](C)(C)C)c1onc(C)c1C. The number of hydrogen-bond donors (Lipinski definition) is 1. The molecule has 0 saturated heterocycles. The van der Waals surface area contributed by atoms with Crippen molar-refractivity contribution in [2.75, 3.05) is 11.0 Å². The predicted molar refractivity (Wildman–Crippen MR) is 142 cm³/mol. The highest BCUT2D eigenvalue weighted by atomic mass is 32.2. The van der Waals surface area contributed by atoms with Crippen LogP contribution in [0.25, 0.3) is 11.1 Å². The van der Waals surface area contributed by atoms with Crippen molar-refractivity contribution in [3.63, 3.8) is 0 Å². The Labute approximate surface area is 209 Å². The third-order valence-corrected chi connectivity index (χ3v) is 10.9. The van der Waals surface area contributed by atoms with Crippen LogP contribution in [0.15, 0.2) is 51.9 Å². The number of sulfonamides is 1. The molecule has 0 aliphatic carbocycles. The quantitative estimate of drug-likeness (QED) is 0.285. The molecule has 35 heavy (non-hydrogen) atoms. The molecule has 1 N–H and O–H groups in total. The Balaban J connectivity index is 2.15. The monoisotopic (exact) mass is 516 g/mol. The Hall–Kier alpha value is -2.46. The van der Waals surface area contributed by atoms with Gasteiger partial charge < -0.3 is 14.4 Å². The zero-order valence-electron chi connectivity index (χ0n) is 21.6. The van der Waals surface area contributed by atoms with Crippen LogP contribution in [0.5, 0.6) is 0 Å². The van der Waals surface area contributed by atoms with E-state index in [0.29, 0.717) is 23.2 Å². The number of anilines is 1. The van der Waals surface area contributed by atoms with E-state index in [9.17, 15) is 13.5 Å². The minimum Gasteiger partial charge on any atom is -0.392 e. The van der Waals surface area contributed by atoms with Gasteiger partial charge in [-0.15, -0.1) is 0 Å². The van der Waals surface area contributed by atoms with E-state index in [2.05, 4.69) is 24.8 Å². The second kappa shape index (κ2) is 10.7. The largest absolute Gasteiger partial charge is 0.392 e. The number of rotatable bonds is 10. The second-order valence-corrected chi connectivity index (χ2v) is 17.2. The van der Waals surface area contributed by atoms with E-state index in [1.54, 1.807) is 26.0 Å². The normalized spacial score (nSPS) is 13.1. The van der Waals surface area contributed by atoms with E-state index in [1.807, 2.05) is 44.2 Å². The van der Waals surface area contributed by atoms with Crippen LogP contribution in [0.4, 0.5) is 5.88 Å². The van der Waals surface area contributed by atoms with Crippen molar-refractivity contribution in [3.8, 4) is 11.1 Å². The highest BCUT2D eigenvalue weighted by Gasteiger charge is 2.34. The zero-order valence-corrected chi connectivity index (χ0v) is 23.4. The molecule has 0 aliphatic rings. The maximum Gasteiger partial charge on any atom is 0.269 e. The molecule has 3 aromatic rings. The van der Waals surface area contributed by atoms with Crippen LogP contribution < -0.4 is 4.31 Å². The molecule has 9 heteroatoms. The first kappa shape index (κ1) is 27.1. The van der Waals surface area contributed by atoms with Gasteiger partial charge in [0.1, 0.15) is 6.73 Å². The van der Waals surface area contributed by atoms with Gasteiger partial charge in [-0.25, -0.2) is 12.7 Å². The second-order valence-electron chi connectivity index (χ2n) is 9.86. The van der Waals surface area contributed by atoms with Gasteiger partial charge in [0, 0.05) is 16.9 Å². The van der Waals surface area contributed by atoms with Gasteiger partial charge in [-0.2, -0.15) is 0 Å². The van der Waals surface area contributed by atoms with E-state index in [-0.39, 0.29) is 29.8 Å². The molecule has 190 valence electrons. The van der Waals surface area contributed by atoms with Gasteiger partial charge in [-0.3, -0.25) is 0 Å². The van der Waals surface area contributed by atoms with Crippen molar-refractivity contribution >= 4 is 24.0 Å². The number of nitrogens with zero attached hydrogens (tertiary/aromatic N) is 2. The lowest BCUT2D eigenvalue weighted by molar-refractivity contribution is 0.117. The molecule has 0 radical (unpaired) electrons. The molecule has 1 unspecified atom stereocenters. The smallest absolute Gasteiger partial charge is 0.269 e. The van der Waals surface area contributed by atoms with Gasteiger partial charge in [-0.1, -0.05) is 68.1 Å². The third-order valence-electron chi connectivity index (χ3n) is 6.50. The molecule has 0 bridgehead atoms. The number of aliphatic hydroxyl groups excluding tert-OH is 1. The lowest BCUT2D eigenvalue weighted by Crippen LogP contribution is -2.42. The molecule has 1 atom stereocenters. The van der Waals surface area contributed by atoms with Gasteiger partial charge >= 0.3 is 0 Å². The van der Waals surface area contributed by atoms with Crippen LogP contribution >= 0.6 is 0 Å². The standard InChI is InChI=1S/C26H36N2O5SSi/c1-8-22-15-21(16-29)13-14-23(22)24-11-9-10-12-25(24)34(30,31)28(17-32-20(4)35(5,6)7)26-18(2)19(3)27-33-26/h9-15,20,29H,8,16-17H2,1-7H3. The minimum absolute atomic E-state index is 0.0717. The Morgan fingerprint density at radius 2 is 1.80 bits per heavy atom. The molecule has 2 aromatic carbocycles. The Kier molecular flexibility index (Phi) is 8.26. The van der Waals surface area contributed by atoms with Gasteiger partial charge in [0.25, 0.3) is 10.0 Å². The summed E-state index contributed by atoms with van der Waals surface area (Å²) in [5.41, 5.74) is 4.35. The van der Waals surface area contributed by atoms with Crippen molar-refractivity contribution < 1.29 is 22.8 Å².